The molecule has 1 N–H and O–H groups in total. The van der Waals surface area contributed by atoms with E-state index in [1.165, 1.54) is 5.54 Å². The molecule has 0 amide bonds. The van der Waals surface area contributed by atoms with Crippen LogP contribution in [0.1, 0.15) is 0 Å². The summed E-state index contributed by atoms with van der Waals surface area (Å²) >= 11 is 5.11. The molecule has 54 valence electrons. The van der Waals surface area contributed by atoms with Crippen LogP contribution in [-0.4, -0.2) is 19.5 Å². The molecule has 0 heterocycles. The molecule has 4 heteroatoms. The van der Waals surface area contributed by atoms with Crippen LogP contribution in [-0.2, 0) is 0 Å². The molecule has 1 nitrogen and oxygen atoms in total. The van der Waals surface area contributed by atoms with Crippen LogP contribution < -0.4 is 5.32 Å². The fourth-order valence-electron chi connectivity index (χ4n) is 0.320. The summed E-state index contributed by atoms with van der Waals surface area (Å²) in [4.78, 5) is 0. The number of hydrogen-bond donors (Lipinski definition) is 1. The van der Waals surface area contributed by atoms with E-state index in [0.717, 1.165) is 0 Å². The van der Waals surface area contributed by atoms with Gasteiger partial charge in [0.2, 0.25) is 0 Å². The molecule has 0 aromatic heterocycles. The molecule has 0 spiro atoms. The van der Waals surface area contributed by atoms with Crippen LogP contribution in [0, 0.1) is 0 Å². The fourth-order valence-corrected chi connectivity index (χ4v) is 0.409. The van der Waals surface area contributed by atoms with Gasteiger partial charge in [-0.3, -0.25) is 0 Å². The molecule has 0 saturated carbocycles. The van der Waals surface area contributed by atoms with E-state index in [-0.39, 0.29) is 6.54 Å². The van der Waals surface area contributed by atoms with Crippen LogP contribution in [0.5, 0.6) is 0 Å². The molecule has 0 saturated heterocycles. The molecule has 0 aliphatic carbocycles. The Morgan fingerprint density at radius 2 is 2.22 bits per heavy atom. The maximum Gasteiger partial charge on any atom is 0.250 e. The zero-order chi connectivity index (χ0) is 7.11. The Bertz CT molecular complexity index is 85.0. The number of nitrogens with one attached hydrogen (secondary N) is 1. The van der Waals surface area contributed by atoms with E-state index >= 15 is 0 Å². The first-order valence-corrected chi connectivity index (χ1v) is 2.95. The van der Waals surface area contributed by atoms with Gasteiger partial charge in [-0.15, -0.1) is 0 Å². The summed E-state index contributed by atoms with van der Waals surface area (Å²) in [5.74, 6) is 0. The first-order chi connectivity index (χ1) is 4.27. The maximum absolute atomic E-state index is 11.3. The van der Waals surface area contributed by atoms with Gasteiger partial charge in [-0.25, -0.2) is 8.78 Å². The van der Waals surface area contributed by atoms with Crippen LogP contribution >= 0.6 is 11.6 Å². The molecule has 0 radical (unpaired) electrons. The number of alkyl halides is 2. The second-order valence-electron chi connectivity index (χ2n) is 1.41. The van der Waals surface area contributed by atoms with Crippen LogP contribution in [0.3, 0.4) is 0 Å². The molecule has 0 unspecified atom stereocenters. The van der Waals surface area contributed by atoms with Crippen LogP contribution in [0.15, 0.2) is 11.6 Å². The van der Waals surface area contributed by atoms with Gasteiger partial charge in [0.15, 0.2) is 0 Å². The molecule has 0 aliphatic heterocycles. The van der Waals surface area contributed by atoms with Gasteiger partial charge in [0.25, 0.3) is 6.43 Å². The second-order valence-corrected chi connectivity index (χ2v) is 1.66. The topological polar surface area (TPSA) is 12.0 Å². The molecule has 0 aliphatic rings. The summed E-state index contributed by atoms with van der Waals surface area (Å²) in [5.41, 5.74) is 1.29. The lowest BCUT2D eigenvalue weighted by atomic mass is 10.6. The number of rotatable bonds is 4. The van der Waals surface area contributed by atoms with E-state index in [1.807, 2.05) is 0 Å². The maximum atomic E-state index is 11.3. The minimum absolute atomic E-state index is 0.277. The highest BCUT2D eigenvalue weighted by Crippen LogP contribution is 1.86. The lowest BCUT2D eigenvalue weighted by Crippen LogP contribution is -2.20. The zero-order valence-electron chi connectivity index (χ0n) is 4.78. The average Bonchev–Trinajstić information content (AvgIpc) is 1.80. The molecule has 9 heavy (non-hydrogen) atoms. The van der Waals surface area contributed by atoms with Crippen molar-refractivity contribution in [2.45, 2.75) is 6.43 Å². The van der Waals surface area contributed by atoms with E-state index in [0.29, 0.717) is 6.54 Å². The van der Waals surface area contributed by atoms with Gasteiger partial charge >= 0.3 is 0 Å². The third-order valence-corrected chi connectivity index (χ3v) is 0.828. The Hall–Kier alpha value is -0.150. The summed E-state index contributed by atoms with van der Waals surface area (Å²) in [6.07, 6.45) is -0.724. The average molecular weight is 156 g/mol. The first kappa shape index (κ1) is 8.85. The van der Waals surface area contributed by atoms with Gasteiger partial charge in [0, 0.05) is 12.1 Å². The first-order valence-electron chi connectivity index (χ1n) is 2.51. The number of halogens is 3. The summed E-state index contributed by atoms with van der Waals surface area (Å²) in [6, 6.07) is 0. The van der Waals surface area contributed by atoms with Gasteiger partial charge in [0.05, 0.1) is 6.54 Å². The van der Waals surface area contributed by atoms with Gasteiger partial charge < -0.3 is 5.32 Å². The van der Waals surface area contributed by atoms with Crippen molar-refractivity contribution in [3.63, 3.8) is 0 Å². The molecule has 0 rings (SSSR count). The normalized spacial score (nSPS) is 11.6. The molecule has 0 fully saturated rings. The lowest BCUT2D eigenvalue weighted by Gasteiger charge is -1.97. The van der Waals surface area contributed by atoms with Crippen molar-refractivity contribution in [1.82, 2.24) is 5.32 Å². The smallest absolute Gasteiger partial charge is 0.250 e. The molecular weight excluding hydrogens is 148 g/mol. The highest BCUT2D eigenvalue weighted by molar-refractivity contribution is 6.25. The molecular formula is C5H8ClF2N. The molecule has 0 atom stereocenters. The fraction of sp³-hybridized carbons (Fsp3) is 0.600. The lowest BCUT2D eigenvalue weighted by molar-refractivity contribution is 0.147. The summed E-state index contributed by atoms with van der Waals surface area (Å²) in [7, 11) is 0. The Balaban J connectivity index is 2.91. The Kier molecular flexibility index (Phi) is 5.88. The van der Waals surface area contributed by atoms with Crippen LogP contribution in [0.4, 0.5) is 8.78 Å². The largest absolute Gasteiger partial charge is 0.308 e. The predicted octanol–water partition coefficient (Wildman–Crippen LogP) is 1.59. The Morgan fingerprint density at radius 1 is 1.56 bits per heavy atom. The minimum atomic E-state index is -2.28. The molecule has 0 aromatic rings. The van der Waals surface area contributed by atoms with Gasteiger partial charge in [-0.2, -0.15) is 0 Å². The van der Waals surface area contributed by atoms with E-state index in [9.17, 15) is 8.78 Å². The van der Waals surface area contributed by atoms with Crippen molar-refractivity contribution in [3.05, 3.63) is 11.6 Å². The van der Waals surface area contributed by atoms with E-state index in [4.69, 9.17) is 11.6 Å². The zero-order valence-corrected chi connectivity index (χ0v) is 5.54. The Labute approximate surface area is 57.7 Å². The van der Waals surface area contributed by atoms with Crippen molar-refractivity contribution < 1.29 is 8.78 Å². The van der Waals surface area contributed by atoms with E-state index in [1.54, 1.807) is 6.08 Å². The van der Waals surface area contributed by atoms with E-state index in [2.05, 4.69) is 5.32 Å². The molecule has 0 bridgehead atoms. The van der Waals surface area contributed by atoms with Gasteiger partial charge in [-0.05, 0) is 0 Å². The van der Waals surface area contributed by atoms with Crippen LogP contribution in [0.25, 0.3) is 0 Å². The monoisotopic (exact) mass is 155 g/mol. The minimum Gasteiger partial charge on any atom is -0.308 e. The highest BCUT2D eigenvalue weighted by atomic mass is 35.5. The number of hydrogen-bond acceptors (Lipinski definition) is 1. The summed E-state index contributed by atoms with van der Waals surface area (Å²) < 4.78 is 22.7. The third-order valence-electron chi connectivity index (χ3n) is 0.650. The van der Waals surface area contributed by atoms with Gasteiger partial charge in [0.1, 0.15) is 0 Å². The van der Waals surface area contributed by atoms with Crippen molar-refractivity contribution in [2.24, 2.45) is 0 Å². The second kappa shape index (κ2) is 5.98. The quantitative estimate of drug-likeness (QED) is 0.608. The van der Waals surface area contributed by atoms with Crippen molar-refractivity contribution in [2.75, 3.05) is 13.1 Å². The van der Waals surface area contributed by atoms with Crippen molar-refractivity contribution in [1.29, 1.82) is 0 Å². The summed E-state index contributed by atoms with van der Waals surface area (Å²) in [5, 5.41) is 2.46. The SMILES string of the molecule is FC(F)CNC/C=C/Cl. The third kappa shape index (κ3) is 7.85. The van der Waals surface area contributed by atoms with E-state index < -0.39 is 6.43 Å². The Morgan fingerprint density at radius 3 is 2.67 bits per heavy atom. The molecule has 0 aromatic carbocycles. The summed E-state index contributed by atoms with van der Waals surface area (Å²) in [6.45, 7) is 0.120. The van der Waals surface area contributed by atoms with Crippen molar-refractivity contribution in [3.8, 4) is 0 Å². The predicted molar refractivity (Wildman–Crippen MR) is 33.9 cm³/mol. The highest BCUT2D eigenvalue weighted by Gasteiger charge is 1.97. The van der Waals surface area contributed by atoms with Crippen molar-refractivity contribution >= 4 is 11.6 Å². The standard InChI is InChI=1S/C5H8ClF2N/c6-2-1-3-9-4-5(7)8/h1-2,5,9H,3-4H2/b2-1+. The van der Waals surface area contributed by atoms with Gasteiger partial charge in [-0.1, -0.05) is 17.7 Å². The van der Waals surface area contributed by atoms with Crippen LogP contribution in [0.2, 0.25) is 0 Å².